The van der Waals surface area contributed by atoms with E-state index in [-0.39, 0.29) is 5.16 Å². The highest BCUT2D eigenvalue weighted by Gasteiger charge is 2.47. The number of rotatable bonds is 3. The smallest absolute Gasteiger partial charge is 0.146 e. The molecule has 0 fully saturated rings. The Morgan fingerprint density at radius 2 is 1.27 bits per heavy atom. The monoisotopic (exact) mass is 316 g/mol. The van der Waals surface area contributed by atoms with E-state index >= 15 is 0 Å². The SMILES string of the molecule is C[Si](Cl)(Cl)C(c1ccccc1)[Si](C)(Cl)Cl. The van der Waals surface area contributed by atoms with E-state index in [1.807, 2.05) is 43.4 Å². The number of hydrogen-bond acceptors (Lipinski definition) is 0. The Bertz CT molecular complexity index is 301. The molecule has 0 atom stereocenters. The van der Waals surface area contributed by atoms with Crippen molar-refractivity contribution in [3.63, 3.8) is 0 Å². The van der Waals surface area contributed by atoms with Crippen molar-refractivity contribution >= 4 is 57.7 Å². The van der Waals surface area contributed by atoms with Crippen LogP contribution in [0.15, 0.2) is 30.3 Å². The van der Waals surface area contributed by atoms with Crippen molar-refractivity contribution in [1.29, 1.82) is 0 Å². The molecule has 0 saturated heterocycles. The standard InChI is InChI=1S/C9H12Cl4Si2/c1-14(10,11)9(15(2,12)13)8-6-4-3-5-7-8/h3-7,9H,1-2H3. The van der Waals surface area contributed by atoms with E-state index in [1.165, 1.54) is 0 Å². The van der Waals surface area contributed by atoms with Crippen LogP contribution < -0.4 is 0 Å². The van der Waals surface area contributed by atoms with E-state index in [0.29, 0.717) is 0 Å². The molecule has 0 nitrogen and oxygen atoms in total. The molecule has 0 aliphatic rings. The number of hydrogen-bond donors (Lipinski definition) is 0. The average Bonchev–Trinajstić information content (AvgIpc) is 2.00. The molecular formula is C9H12Cl4Si2. The lowest BCUT2D eigenvalue weighted by molar-refractivity contribution is 1.27. The highest BCUT2D eigenvalue weighted by molar-refractivity contribution is 7.56. The van der Waals surface area contributed by atoms with E-state index in [0.717, 1.165) is 5.56 Å². The summed E-state index contributed by atoms with van der Waals surface area (Å²) in [7, 11) is 0. The fourth-order valence-electron chi connectivity index (χ4n) is 1.68. The summed E-state index contributed by atoms with van der Waals surface area (Å²) in [4.78, 5) is 0. The zero-order valence-corrected chi connectivity index (χ0v) is 13.5. The van der Waals surface area contributed by atoms with Gasteiger partial charge in [-0.05, 0) is 18.7 Å². The lowest BCUT2D eigenvalue weighted by Gasteiger charge is -2.30. The van der Waals surface area contributed by atoms with Crippen molar-refractivity contribution < 1.29 is 0 Å². The van der Waals surface area contributed by atoms with Crippen molar-refractivity contribution in [2.75, 3.05) is 0 Å². The molecule has 0 unspecified atom stereocenters. The third-order valence-electron chi connectivity index (χ3n) is 2.15. The molecule has 0 spiro atoms. The molecule has 0 N–H and O–H groups in total. The molecule has 0 bridgehead atoms. The molecule has 1 aromatic rings. The minimum absolute atomic E-state index is 0.0714. The molecule has 0 saturated carbocycles. The molecule has 1 rings (SSSR count). The van der Waals surface area contributed by atoms with Crippen molar-refractivity contribution in [2.24, 2.45) is 0 Å². The first kappa shape index (κ1) is 13.9. The van der Waals surface area contributed by atoms with Gasteiger partial charge in [-0.2, -0.15) is 0 Å². The van der Waals surface area contributed by atoms with Crippen molar-refractivity contribution in [2.45, 2.75) is 18.3 Å². The summed E-state index contributed by atoms with van der Waals surface area (Å²) >= 11 is 25.2. The van der Waals surface area contributed by atoms with Crippen LogP contribution in [0.4, 0.5) is 0 Å². The Balaban J connectivity index is 3.15. The third-order valence-corrected chi connectivity index (χ3v) is 13.1. The van der Waals surface area contributed by atoms with Gasteiger partial charge in [0.1, 0.15) is 0 Å². The van der Waals surface area contributed by atoms with Gasteiger partial charge in [-0.1, -0.05) is 30.3 Å². The first-order chi connectivity index (χ1) is 6.73. The Morgan fingerprint density at radius 1 is 0.867 bits per heavy atom. The predicted octanol–water partition coefficient (Wildman–Crippen LogP) is 4.95. The van der Waals surface area contributed by atoms with Crippen LogP contribution in [0.2, 0.25) is 13.1 Å². The number of benzene rings is 1. The van der Waals surface area contributed by atoms with E-state index in [2.05, 4.69) is 0 Å². The molecule has 0 aromatic heterocycles. The maximum Gasteiger partial charge on any atom is 0.255 e. The van der Waals surface area contributed by atoms with Gasteiger partial charge in [-0.25, -0.2) is 0 Å². The van der Waals surface area contributed by atoms with Crippen molar-refractivity contribution in [1.82, 2.24) is 0 Å². The highest BCUT2D eigenvalue weighted by Crippen LogP contribution is 2.43. The van der Waals surface area contributed by atoms with Gasteiger partial charge in [0.05, 0.1) is 0 Å². The fraction of sp³-hybridized carbons (Fsp3) is 0.333. The summed E-state index contributed by atoms with van der Waals surface area (Å²) in [6, 6.07) is 9.81. The zero-order valence-electron chi connectivity index (χ0n) is 8.48. The minimum Gasteiger partial charge on any atom is -0.146 e. The average molecular weight is 318 g/mol. The highest BCUT2D eigenvalue weighted by atomic mass is 35.7. The molecule has 0 amide bonds. The van der Waals surface area contributed by atoms with E-state index in [9.17, 15) is 0 Å². The molecule has 0 aliphatic carbocycles. The summed E-state index contributed by atoms with van der Waals surface area (Å²) in [5.41, 5.74) is 1.05. The quantitative estimate of drug-likeness (QED) is 0.546. The van der Waals surface area contributed by atoms with Crippen LogP contribution in [0.5, 0.6) is 0 Å². The number of halogens is 4. The Morgan fingerprint density at radius 3 is 1.60 bits per heavy atom. The molecule has 0 heterocycles. The van der Waals surface area contributed by atoms with Gasteiger partial charge in [0.15, 0.2) is 0 Å². The molecule has 0 aliphatic heterocycles. The van der Waals surface area contributed by atoms with E-state index in [4.69, 9.17) is 44.3 Å². The largest absolute Gasteiger partial charge is 0.255 e. The zero-order chi connectivity index (χ0) is 11.7. The van der Waals surface area contributed by atoms with E-state index < -0.39 is 13.4 Å². The topological polar surface area (TPSA) is 0 Å². The van der Waals surface area contributed by atoms with Crippen molar-refractivity contribution in [3.05, 3.63) is 35.9 Å². The molecule has 1 aromatic carbocycles. The van der Waals surface area contributed by atoms with Gasteiger partial charge in [0, 0.05) is 5.16 Å². The van der Waals surface area contributed by atoms with Gasteiger partial charge >= 0.3 is 0 Å². The summed E-state index contributed by atoms with van der Waals surface area (Å²) in [6.07, 6.45) is 0. The van der Waals surface area contributed by atoms with E-state index in [1.54, 1.807) is 0 Å². The van der Waals surface area contributed by atoms with Gasteiger partial charge in [0.2, 0.25) is 0 Å². The fourth-order valence-corrected chi connectivity index (χ4v) is 18.2. The summed E-state index contributed by atoms with van der Waals surface area (Å²) in [5, 5.41) is -0.0714. The second kappa shape index (κ2) is 4.98. The van der Waals surface area contributed by atoms with Crippen LogP contribution in [0.25, 0.3) is 0 Å². The third kappa shape index (κ3) is 3.95. The second-order valence-electron chi connectivity index (χ2n) is 3.76. The molecule has 15 heavy (non-hydrogen) atoms. The van der Waals surface area contributed by atoms with Gasteiger partial charge in [0.25, 0.3) is 13.4 Å². The van der Waals surface area contributed by atoms with Gasteiger partial charge in [-0.15, -0.1) is 44.3 Å². The van der Waals surface area contributed by atoms with Crippen LogP contribution >= 0.6 is 44.3 Å². The lowest BCUT2D eigenvalue weighted by atomic mass is 10.2. The van der Waals surface area contributed by atoms with Crippen LogP contribution in [-0.4, -0.2) is 13.4 Å². The Labute approximate surface area is 111 Å². The van der Waals surface area contributed by atoms with Gasteiger partial charge < -0.3 is 0 Å². The molecule has 0 radical (unpaired) electrons. The molecular weight excluding hydrogens is 306 g/mol. The summed E-state index contributed by atoms with van der Waals surface area (Å²) in [6.45, 7) is -1.11. The van der Waals surface area contributed by atoms with Gasteiger partial charge in [-0.3, -0.25) is 0 Å². The minimum atomic E-state index is -2.42. The lowest BCUT2D eigenvalue weighted by Crippen LogP contribution is -2.40. The summed E-state index contributed by atoms with van der Waals surface area (Å²) in [5.74, 6) is 0. The molecule has 84 valence electrons. The van der Waals surface area contributed by atoms with Crippen LogP contribution in [-0.2, 0) is 0 Å². The van der Waals surface area contributed by atoms with Crippen LogP contribution in [0.3, 0.4) is 0 Å². The molecule has 6 heteroatoms. The maximum absolute atomic E-state index is 6.29. The Hall–Kier alpha value is 0.814. The first-order valence-electron chi connectivity index (χ1n) is 4.53. The van der Waals surface area contributed by atoms with Crippen molar-refractivity contribution in [3.8, 4) is 0 Å². The second-order valence-corrected chi connectivity index (χ2v) is 19.9. The normalized spacial score (nSPS) is 13.3. The van der Waals surface area contributed by atoms with Crippen LogP contribution in [0.1, 0.15) is 10.7 Å². The Kier molecular flexibility index (Phi) is 4.61. The maximum atomic E-state index is 6.29. The summed E-state index contributed by atoms with van der Waals surface area (Å²) < 4.78 is 0. The van der Waals surface area contributed by atoms with Crippen LogP contribution in [0, 0.1) is 0 Å². The predicted molar refractivity (Wildman–Crippen MR) is 75.8 cm³/mol. The first-order valence-corrected chi connectivity index (χ1v) is 13.7.